The van der Waals surface area contributed by atoms with Crippen molar-refractivity contribution in [2.24, 2.45) is 0 Å². The van der Waals surface area contributed by atoms with Crippen molar-refractivity contribution in [2.45, 2.75) is 13.0 Å². The van der Waals surface area contributed by atoms with E-state index in [1.807, 2.05) is 0 Å². The van der Waals surface area contributed by atoms with Crippen LogP contribution < -0.4 is 20.5 Å². The molecule has 0 aliphatic carbocycles. The Morgan fingerprint density at radius 3 is 2.90 bits per heavy atom. The molecule has 1 unspecified atom stereocenters. The first-order valence-corrected chi connectivity index (χ1v) is 5.88. The van der Waals surface area contributed by atoms with Gasteiger partial charge in [-0.1, -0.05) is 5.21 Å². The fourth-order valence-corrected chi connectivity index (χ4v) is 1.85. The number of benzene rings is 1. The molecule has 9 heteroatoms. The number of ether oxygens (including phenoxy) is 2. The van der Waals surface area contributed by atoms with Gasteiger partial charge in [-0.25, -0.2) is 0 Å². The molecule has 0 spiro atoms. The lowest BCUT2D eigenvalue weighted by Crippen LogP contribution is -2.28. The van der Waals surface area contributed by atoms with E-state index in [1.165, 1.54) is 0 Å². The van der Waals surface area contributed by atoms with E-state index in [4.69, 9.17) is 15.2 Å². The molecule has 9 nitrogen and oxygen atoms in total. The number of carbonyl (C=O) groups excluding carboxylic acids is 1. The zero-order valence-electron chi connectivity index (χ0n) is 10.6. The lowest BCUT2D eigenvalue weighted by Gasteiger charge is -2.12. The Kier molecular flexibility index (Phi) is 2.86. The van der Waals surface area contributed by atoms with Crippen molar-refractivity contribution in [3.63, 3.8) is 0 Å². The number of amides is 1. The molecule has 1 atom stereocenters. The summed E-state index contributed by atoms with van der Waals surface area (Å²) in [4.78, 5) is 12.2. The van der Waals surface area contributed by atoms with Gasteiger partial charge in [0.25, 0.3) is 5.91 Å². The van der Waals surface area contributed by atoms with Crippen LogP contribution in [0.4, 0.5) is 5.69 Å². The Morgan fingerprint density at radius 2 is 2.20 bits per heavy atom. The molecule has 1 aliphatic rings. The molecule has 1 aromatic heterocycles. The molecule has 104 valence electrons. The topological polar surface area (TPSA) is 128 Å². The van der Waals surface area contributed by atoms with Gasteiger partial charge in [0, 0.05) is 11.8 Å². The molecule has 2 aromatic rings. The highest BCUT2D eigenvalue weighted by atomic mass is 16.7. The molecule has 1 aromatic carbocycles. The van der Waals surface area contributed by atoms with Crippen molar-refractivity contribution in [3.05, 3.63) is 23.5 Å². The first-order chi connectivity index (χ1) is 9.65. The van der Waals surface area contributed by atoms with Gasteiger partial charge < -0.3 is 20.5 Å². The first-order valence-electron chi connectivity index (χ1n) is 5.88. The largest absolute Gasteiger partial charge is 0.454 e. The number of nitrogens with one attached hydrogen (secondary N) is 2. The average molecular weight is 276 g/mol. The number of rotatable bonds is 3. The second-order valence-corrected chi connectivity index (χ2v) is 4.26. The van der Waals surface area contributed by atoms with E-state index in [1.54, 1.807) is 19.1 Å². The molecule has 2 heterocycles. The first kappa shape index (κ1) is 12.2. The summed E-state index contributed by atoms with van der Waals surface area (Å²) in [5, 5.41) is 16.1. The van der Waals surface area contributed by atoms with Crippen LogP contribution in [0.15, 0.2) is 12.1 Å². The number of aromatic amines is 1. The fourth-order valence-electron chi connectivity index (χ4n) is 1.85. The van der Waals surface area contributed by atoms with Crippen LogP contribution >= 0.6 is 0 Å². The minimum absolute atomic E-state index is 0.124. The average Bonchev–Trinajstić information content (AvgIpc) is 3.08. The smallest absolute Gasteiger partial charge is 0.254 e. The van der Waals surface area contributed by atoms with Gasteiger partial charge in [0.05, 0.1) is 11.6 Å². The van der Waals surface area contributed by atoms with Gasteiger partial charge in [0.1, 0.15) is 0 Å². The molecule has 1 aliphatic heterocycles. The number of hydrogen-bond donors (Lipinski definition) is 3. The van der Waals surface area contributed by atoms with Gasteiger partial charge in [-0.3, -0.25) is 4.79 Å². The Hall–Kier alpha value is -2.84. The summed E-state index contributed by atoms with van der Waals surface area (Å²) in [6.07, 6.45) is 0. The van der Waals surface area contributed by atoms with Crippen LogP contribution in [0.3, 0.4) is 0 Å². The van der Waals surface area contributed by atoms with Crippen LogP contribution in [-0.4, -0.2) is 33.3 Å². The number of hydrogen-bond acceptors (Lipinski definition) is 7. The summed E-state index contributed by atoms with van der Waals surface area (Å²) < 4.78 is 10.4. The van der Waals surface area contributed by atoms with Crippen molar-refractivity contribution < 1.29 is 14.3 Å². The van der Waals surface area contributed by atoms with Crippen LogP contribution in [0.5, 0.6) is 11.5 Å². The number of nitrogens with two attached hydrogens (primary N) is 1. The van der Waals surface area contributed by atoms with E-state index in [9.17, 15) is 4.79 Å². The van der Waals surface area contributed by atoms with Gasteiger partial charge in [0.2, 0.25) is 6.79 Å². The zero-order chi connectivity index (χ0) is 14.1. The van der Waals surface area contributed by atoms with E-state index in [2.05, 4.69) is 25.9 Å². The molecule has 0 fully saturated rings. The SMILES string of the molecule is CC(NC(=O)c1cc2c(cc1N)OCO2)c1nn[nH]n1. The van der Waals surface area contributed by atoms with Gasteiger partial charge >= 0.3 is 0 Å². The number of anilines is 1. The third kappa shape index (κ3) is 2.09. The fraction of sp³-hybridized carbons (Fsp3) is 0.273. The number of nitrogens with zero attached hydrogens (tertiary/aromatic N) is 3. The molecule has 0 radical (unpaired) electrons. The Balaban J connectivity index is 1.81. The quantitative estimate of drug-likeness (QED) is 0.673. The molecule has 0 bridgehead atoms. The maximum atomic E-state index is 12.2. The lowest BCUT2D eigenvalue weighted by molar-refractivity contribution is 0.0938. The monoisotopic (exact) mass is 276 g/mol. The van der Waals surface area contributed by atoms with E-state index < -0.39 is 6.04 Å². The van der Waals surface area contributed by atoms with E-state index in [0.717, 1.165) is 0 Å². The van der Waals surface area contributed by atoms with Gasteiger partial charge in [-0.2, -0.15) is 5.21 Å². The number of H-pyrrole nitrogens is 1. The van der Waals surface area contributed by atoms with Gasteiger partial charge in [0.15, 0.2) is 17.3 Å². The summed E-state index contributed by atoms with van der Waals surface area (Å²) in [7, 11) is 0. The van der Waals surface area contributed by atoms with Crippen molar-refractivity contribution in [1.29, 1.82) is 0 Å². The highest BCUT2D eigenvalue weighted by Crippen LogP contribution is 2.35. The predicted octanol–water partition coefficient (Wildman–Crippen LogP) is 0.00160. The minimum Gasteiger partial charge on any atom is -0.454 e. The molecule has 0 saturated heterocycles. The molecule has 3 rings (SSSR count). The van der Waals surface area contributed by atoms with Crippen LogP contribution in [0.2, 0.25) is 0 Å². The maximum Gasteiger partial charge on any atom is 0.254 e. The van der Waals surface area contributed by atoms with Crippen molar-refractivity contribution in [2.75, 3.05) is 12.5 Å². The third-order valence-electron chi connectivity index (χ3n) is 2.89. The molecular weight excluding hydrogens is 264 g/mol. The highest BCUT2D eigenvalue weighted by molar-refractivity contribution is 6.00. The molecule has 1 amide bonds. The zero-order valence-corrected chi connectivity index (χ0v) is 10.6. The molecular formula is C11H12N6O3. The Bertz CT molecular complexity index is 642. The number of tetrazole rings is 1. The standard InChI is InChI=1S/C11H12N6O3/c1-5(10-14-16-17-15-10)13-11(18)6-2-8-9(3-7(6)12)20-4-19-8/h2-3,5H,4,12H2,1H3,(H,13,18)(H,14,15,16,17). The summed E-state index contributed by atoms with van der Waals surface area (Å²) in [5.74, 6) is 1.07. The maximum absolute atomic E-state index is 12.2. The third-order valence-corrected chi connectivity index (χ3v) is 2.89. The number of fused-ring (bicyclic) bond motifs is 1. The van der Waals surface area contributed by atoms with Crippen LogP contribution in [-0.2, 0) is 0 Å². The van der Waals surface area contributed by atoms with E-state index >= 15 is 0 Å². The van der Waals surface area contributed by atoms with Crippen molar-refractivity contribution in [1.82, 2.24) is 25.9 Å². The number of aromatic nitrogens is 4. The van der Waals surface area contributed by atoms with Crippen LogP contribution in [0.1, 0.15) is 29.1 Å². The second-order valence-electron chi connectivity index (χ2n) is 4.26. The number of carbonyl (C=O) groups is 1. The van der Waals surface area contributed by atoms with Crippen molar-refractivity contribution in [3.8, 4) is 11.5 Å². The highest BCUT2D eigenvalue weighted by Gasteiger charge is 2.21. The lowest BCUT2D eigenvalue weighted by atomic mass is 10.1. The molecule has 4 N–H and O–H groups in total. The Labute approximate surface area is 113 Å². The second kappa shape index (κ2) is 4.68. The van der Waals surface area contributed by atoms with Crippen molar-refractivity contribution >= 4 is 11.6 Å². The van der Waals surface area contributed by atoms with Crippen LogP contribution in [0, 0.1) is 0 Å². The summed E-state index contributed by atoms with van der Waals surface area (Å²) in [6, 6.07) is 2.72. The normalized spacial score (nSPS) is 14.1. The van der Waals surface area contributed by atoms with E-state index in [0.29, 0.717) is 28.6 Å². The summed E-state index contributed by atoms with van der Waals surface area (Å²) in [5.41, 5.74) is 6.46. The molecule has 0 saturated carbocycles. The Morgan fingerprint density at radius 1 is 1.45 bits per heavy atom. The predicted molar refractivity (Wildman–Crippen MR) is 67.0 cm³/mol. The van der Waals surface area contributed by atoms with Crippen LogP contribution in [0.25, 0.3) is 0 Å². The summed E-state index contributed by atoms with van der Waals surface area (Å²) in [6.45, 7) is 1.87. The van der Waals surface area contributed by atoms with Gasteiger partial charge in [-0.05, 0) is 13.0 Å². The minimum atomic E-state index is -0.397. The van der Waals surface area contributed by atoms with Gasteiger partial charge in [-0.15, -0.1) is 10.2 Å². The summed E-state index contributed by atoms with van der Waals surface area (Å²) >= 11 is 0. The molecule has 20 heavy (non-hydrogen) atoms. The number of nitrogen functional groups attached to an aromatic ring is 1. The van der Waals surface area contributed by atoms with E-state index in [-0.39, 0.29) is 12.7 Å².